The second kappa shape index (κ2) is 7.61. The smallest absolute Gasteiger partial charge is 0.269 e. The molecule has 2 N–H and O–H groups in total. The molecule has 2 aromatic rings. The number of aryl methyl sites for hydroxylation is 1. The summed E-state index contributed by atoms with van der Waals surface area (Å²) in [7, 11) is 1.85. The number of amides is 1. The van der Waals surface area contributed by atoms with Crippen LogP contribution in [-0.4, -0.2) is 58.9 Å². The molecule has 1 amide bonds. The predicted octanol–water partition coefficient (Wildman–Crippen LogP) is 2.34. The molecule has 5 heterocycles. The van der Waals surface area contributed by atoms with Crippen molar-refractivity contribution in [3.63, 3.8) is 0 Å². The van der Waals surface area contributed by atoms with Crippen LogP contribution >= 0.6 is 11.3 Å². The molecule has 0 spiro atoms. The van der Waals surface area contributed by atoms with E-state index in [1.165, 1.54) is 32.2 Å². The summed E-state index contributed by atoms with van der Waals surface area (Å²) in [6.07, 6.45) is 5.26. The monoisotopic (exact) mass is 399 g/mol. The molecule has 2 bridgehead atoms. The summed E-state index contributed by atoms with van der Waals surface area (Å²) >= 11 is 1.65. The van der Waals surface area contributed by atoms with Crippen LogP contribution in [0.4, 0.5) is 0 Å². The molecule has 28 heavy (non-hydrogen) atoms. The molecule has 2 aromatic heterocycles. The SMILES string of the molecule is Cn1nc(-c2cccs2)cc1C(=O)NC[C@H]1[C@@H]2CNC[C@@H](C2)[C@@H]2CCCCN21. The summed E-state index contributed by atoms with van der Waals surface area (Å²) in [5.74, 6) is 1.41. The van der Waals surface area contributed by atoms with E-state index in [0.29, 0.717) is 23.7 Å². The fraction of sp³-hybridized carbons (Fsp3) is 0.619. The number of nitrogens with zero attached hydrogens (tertiary/aromatic N) is 3. The lowest BCUT2D eigenvalue weighted by Gasteiger charge is -2.55. The topological polar surface area (TPSA) is 62.2 Å². The van der Waals surface area contributed by atoms with Crippen LogP contribution in [0.2, 0.25) is 0 Å². The minimum absolute atomic E-state index is 0.0164. The van der Waals surface area contributed by atoms with Crippen molar-refractivity contribution >= 4 is 17.2 Å². The maximum absolute atomic E-state index is 12.9. The van der Waals surface area contributed by atoms with Crippen LogP contribution in [0.15, 0.2) is 23.6 Å². The standard InChI is InChI=1S/C21H29N5OS/c1-25-18(10-16(24-25)20-6-4-8-28-20)21(27)23-13-19-15-9-14(11-22-12-15)17-5-2-3-7-26(17)19/h4,6,8,10,14-15,17,19,22H,2-3,5,7,9,11-13H2,1H3,(H,23,27)/t14-,15+,17+,19+/m1/s1. The summed E-state index contributed by atoms with van der Waals surface area (Å²) in [4.78, 5) is 16.7. The normalized spacial score (nSPS) is 30.0. The maximum atomic E-state index is 12.9. The van der Waals surface area contributed by atoms with E-state index in [9.17, 15) is 4.79 Å². The highest BCUT2D eigenvalue weighted by Crippen LogP contribution is 2.38. The van der Waals surface area contributed by atoms with Crippen molar-refractivity contribution in [2.45, 2.75) is 37.8 Å². The number of hydrogen-bond donors (Lipinski definition) is 2. The van der Waals surface area contributed by atoms with Gasteiger partial charge in [0.1, 0.15) is 11.4 Å². The van der Waals surface area contributed by atoms with E-state index in [0.717, 1.165) is 36.1 Å². The van der Waals surface area contributed by atoms with E-state index in [4.69, 9.17) is 0 Å². The van der Waals surface area contributed by atoms with Crippen LogP contribution in [0.3, 0.4) is 0 Å². The highest BCUT2D eigenvalue weighted by atomic mass is 32.1. The molecule has 4 atom stereocenters. The highest BCUT2D eigenvalue weighted by Gasteiger charge is 2.45. The van der Waals surface area contributed by atoms with Crippen molar-refractivity contribution in [2.75, 3.05) is 26.2 Å². The lowest BCUT2D eigenvalue weighted by atomic mass is 9.73. The Bertz CT molecular complexity index is 832. The minimum atomic E-state index is -0.0164. The van der Waals surface area contributed by atoms with E-state index in [1.54, 1.807) is 16.0 Å². The summed E-state index contributed by atoms with van der Waals surface area (Å²) in [5.41, 5.74) is 1.50. The third-order valence-electron chi connectivity index (χ3n) is 6.88. The second-order valence-electron chi connectivity index (χ2n) is 8.51. The summed E-state index contributed by atoms with van der Waals surface area (Å²) in [5, 5.41) is 13.4. The lowest BCUT2D eigenvalue weighted by Crippen LogP contribution is -2.65. The van der Waals surface area contributed by atoms with Crippen molar-refractivity contribution in [3.8, 4) is 10.6 Å². The fourth-order valence-corrected chi connectivity index (χ4v) is 6.24. The van der Waals surface area contributed by atoms with Crippen LogP contribution < -0.4 is 10.6 Å². The van der Waals surface area contributed by atoms with E-state index >= 15 is 0 Å². The van der Waals surface area contributed by atoms with Gasteiger partial charge in [0, 0.05) is 25.7 Å². The first kappa shape index (κ1) is 18.3. The van der Waals surface area contributed by atoms with Gasteiger partial charge < -0.3 is 10.6 Å². The zero-order valence-corrected chi connectivity index (χ0v) is 17.3. The lowest BCUT2D eigenvalue weighted by molar-refractivity contribution is -0.0371. The zero-order chi connectivity index (χ0) is 19.1. The van der Waals surface area contributed by atoms with Gasteiger partial charge in [-0.2, -0.15) is 5.10 Å². The van der Waals surface area contributed by atoms with Crippen LogP contribution in [0.1, 0.15) is 36.2 Å². The summed E-state index contributed by atoms with van der Waals surface area (Å²) < 4.78 is 1.70. The van der Waals surface area contributed by atoms with Gasteiger partial charge >= 0.3 is 0 Å². The first-order chi connectivity index (χ1) is 13.7. The number of thiophene rings is 1. The Morgan fingerprint density at radius 2 is 2.25 bits per heavy atom. The van der Waals surface area contributed by atoms with Gasteiger partial charge in [0.25, 0.3) is 5.91 Å². The second-order valence-corrected chi connectivity index (χ2v) is 9.46. The van der Waals surface area contributed by atoms with Gasteiger partial charge in [0.2, 0.25) is 0 Å². The molecule has 0 radical (unpaired) electrons. The van der Waals surface area contributed by atoms with Crippen molar-refractivity contribution in [2.24, 2.45) is 18.9 Å². The third kappa shape index (κ3) is 3.29. The number of hydrogen-bond acceptors (Lipinski definition) is 5. The van der Waals surface area contributed by atoms with Gasteiger partial charge in [-0.05, 0) is 68.2 Å². The number of carbonyl (C=O) groups excluding carboxylic acids is 1. The Morgan fingerprint density at radius 3 is 3.11 bits per heavy atom. The first-order valence-electron chi connectivity index (χ1n) is 10.5. The largest absolute Gasteiger partial charge is 0.349 e. The molecular weight excluding hydrogens is 370 g/mol. The van der Waals surface area contributed by atoms with Crippen LogP contribution in [0.25, 0.3) is 10.6 Å². The first-order valence-corrected chi connectivity index (χ1v) is 11.4. The number of aromatic nitrogens is 2. The van der Waals surface area contributed by atoms with Crippen LogP contribution in [0.5, 0.6) is 0 Å². The van der Waals surface area contributed by atoms with Crippen molar-refractivity contribution in [1.29, 1.82) is 0 Å². The van der Waals surface area contributed by atoms with Gasteiger partial charge in [-0.3, -0.25) is 14.4 Å². The predicted molar refractivity (Wildman–Crippen MR) is 111 cm³/mol. The Labute approximate surface area is 170 Å². The molecule has 0 saturated carbocycles. The number of rotatable bonds is 4. The van der Waals surface area contributed by atoms with Crippen molar-refractivity contribution in [1.82, 2.24) is 25.3 Å². The molecule has 150 valence electrons. The Morgan fingerprint density at radius 1 is 1.36 bits per heavy atom. The molecule has 5 rings (SSSR count). The Balaban J connectivity index is 1.29. The molecular formula is C21H29N5OS. The molecule has 0 aromatic carbocycles. The molecule has 3 fully saturated rings. The minimum Gasteiger partial charge on any atom is -0.349 e. The molecule has 6 nitrogen and oxygen atoms in total. The third-order valence-corrected chi connectivity index (χ3v) is 7.78. The number of carbonyl (C=O) groups is 1. The Kier molecular flexibility index (Phi) is 4.99. The van der Waals surface area contributed by atoms with E-state index in [1.807, 2.05) is 30.6 Å². The van der Waals surface area contributed by atoms with E-state index in [-0.39, 0.29) is 5.91 Å². The van der Waals surface area contributed by atoms with Crippen molar-refractivity contribution < 1.29 is 4.79 Å². The number of piperidine rings is 3. The fourth-order valence-electron chi connectivity index (χ4n) is 5.56. The quantitative estimate of drug-likeness (QED) is 0.828. The van der Waals surface area contributed by atoms with Crippen LogP contribution in [-0.2, 0) is 7.05 Å². The van der Waals surface area contributed by atoms with Crippen molar-refractivity contribution in [3.05, 3.63) is 29.3 Å². The van der Waals surface area contributed by atoms with Gasteiger partial charge in [-0.15, -0.1) is 11.3 Å². The zero-order valence-electron chi connectivity index (χ0n) is 16.4. The summed E-state index contributed by atoms with van der Waals surface area (Å²) in [6, 6.07) is 7.10. The van der Waals surface area contributed by atoms with Crippen LogP contribution in [0, 0.1) is 11.8 Å². The molecule has 0 unspecified atom stereocenters. The maximum Gasteiger partial charge on any atom is 0.269 e. The van der Waals surface area contributed by atoms with Gasteiger partial charge in [0.15, 0.2) is 0 Å². The van der Waals surface area contributed by atoms with Gasteiger partial charge in [-0.1, -0.05) is 12.5 Å². The Hall–Kier alpha value is -1.70. The highest BCUT2D eigenvalue weighted by molar-refractivity contribution is 7.13. The number of fused-ring (bicyclic) bond motifs is 4. The molecule has 0 aliphatic carbocycles. The van der Waals surface area contributed by atoms with Gasteiger partial charge in [0.05, 0.1) is 4.88 Å². The molecule has 7 heteroatoms. The van der Waals surface area contributed by atoms with Gasteiger partial charge in [-0.25, -0.2) is 0 Å². The molecule has 3 aliphatic heterocycles. The van der Waals surface area contributed by atoms with E-state index < -0.39 is 0 Å². The molecule has 3 aliphatic rings. The van der Waals surface area contributed by atoms with E-state index in [2.05, 4.69) is 20.6 Å². The number of nitrogens with one attached hydrogen (secondary N) is 2. The average Bonchev–Trinajstić information content (AvgIpc) is 3.38. The average molecular weight is 400 g/mol. The summed E-state index contributed by atoms with van der Waals surface area (Å²) in [6.45, 7) is 4.16. The molecule has 3 saturated heterocycles.